The second kappa shape index (κ2) is 6.86. The van der Waals surface area contributed by atoms with Gasteiger partial charge in [0.1, 0.15) is 6.07 Å². The van der Waals surface area contributed by atoms with Crippen LogP contribution in [-0.2, 0) is 0 Å². The Morgan fingerprint density at radius 2 is 1.81 bits per heavy atom. The lowest BCUT2D eigenvalue weighted by Gasteiger charge is -2.29. The number of benzene rings is 1. The number of anilines is 1. The van der Waals surface area contributed by atoms with E-state index in [9.17, 15) is 0 Å². The van der Waals surface area contributed by atoms with Gasteiger partial charge in [0.15, 0.2) is 0 Å². The maximum atomic E-state index is 8.96. The molecule has 1 aromatic rings. The minimum atomic E-state index is 0.773. The Morgan fingerprint density at radius 3 is 2.44 bits per heavy atom. The van der Waals surface area contributed by atoms with Gasteiger partial charge in [-0.1, -0.05) is 26.0 Å². The van der Waals surface area contributed by atoms with Crippen LogP contribution in [-0.4, -0.2) is 26.2 Å². The second-order valence-corrected chi connectivity index (χ2v) is 3.37. The molecule has 1 heterocycles. The normalized spacial score (nSPS) is 14.7. The van der Waals surface area contributed by atoms with Crippen LogP contribution in [0.1, 0.15) is 19.4 Å². The number of nitrogens with zero attached hydrogens (tertiary/aromatic N) is 2. The lowest BCUT2D eigenvalue weighted by Crippen LogP contribution is -2.43. The molecule has 0 aliphatic carbocycles. The molecule has 1 N–H and O–H groups in total. The molecule has 0 atom stereocenters. The van der Waals surface area contributed by atoms with E-state index < -0.39 is 0 Å². The van der Waals surface area contributed by atoms with E-state index in [0.717, 1.165) is 37.4 Å². The number of nitrogens with one attached hydrogen (secondary N) is 1. The first-order valence-electron chi connectivity index (χ1n) is 5.86. The Morgan fingerprint density at radius 1 is 1.19 bits per heavy atom. The van der Waals surface area contributed by atoms with Crippen LogP contribution in [0, 0.1) is 11.3 Å². The summed E-state index contributed by atoms with van der Waals surface area (Å²) in [6.45, 7) is 7.97. The maximum absolute atomic E-state index is 8.96. The van der Waals surface area contributed by atoms with E-state index in [0.29, 0.717) is 0 Å². The number of nitriles is 1. The zero-order valence-corrected chi connectivity index (χ0v) is 10.0. The van der Waals surface area contributed by atoms with E-state index >= 15 is 0 Å². The highest BCUT2D eigenvalue weighted by atomic mass is 15.2. The van der Waals surface area contributed by atoms with Gasteiger partial charge >= 0.3 is 0 Å². The Bertz CT molecular complexity index is 348. The van der Waals surface area contributed by atoms with Gasteiger partial charge in [0.05, 0.1) is 11.3 Å². The molecule has 3 nitrogen and oxygen atoms in total. The van der Waals surface area contributed by atoms with E-state index in [4.69, 9.17) is 5.26 Å². The second-order valence-electron chi connectivity index (χ2n) is 3.37. The van der Waals surface area contributed by atoms with Crippen molar-refractivity contribution in [3.8, 4) is 6.07 Å². The predicted molar refractivity (Wildman–Crippen MR) is 67.6 cm³/mol. The van der Waals surface area contributed by atoms with Crippen molar-refractivity contribution in [3.63, 3.8) is 0 Å². The average Bonchev–Trinajstić information content (AvgIpc) is 2.42. The van der Waals surface area contributed by atoms with Gasteiger partial charge in [-0.25, -0.2) is 0 Å². The summed E-state index contributed by atoms with van der Waals surface area (Å²) in [6.07, 6.45) is 0. The molecule has 0 amide bonds. The number of hydrogen-bond acceptors (Lipinski definition) is 3. The summed E-state index contributed by atoms with van der Waals surface area (Å²) in [6, 6.07) is 10.0. The molecule has 1 aromatic carbocycles. The van der Waals surface area contributed by atoms with Gasteiger partial charge in [0.2, 0.25) is 0 Å². The smallest absolute Gasteiger partial charge is 0.101 e. The average molecular weight is 217 g/mol. The first-order chi connectivity index (χ1) is 7.92. The third-order valence-corrected chi connectivity index (χ3v) is 2.48. The van der Waals surface area contributed by atoms with Crippen LogP contribution in [0.2, 0.25) is 0 Å². The largest absolute Gasteiger partial charge is 0.368 e. The standard InChI is InChI=1S/C11H13N3.C2H6/c12-9-10-3-1-2-4-11(10)14-7-5-13-6-8-14;1-2/h1-4,13H,5-8H2;1-2H3. The molecule has 86 valence electrons. The van der Waals surface area contributed by atoms with Gasteiger partial charge in [0, 0.05) is 26.2 Å². The van der Waals surface area contributed by atoms with E-state index in [2.05, 4.69) is 16.3 Å². The maximum Gasteiger partial charge on any atom is 0.101 e. The van der Waals surface area contributed by atoms with Crippen molar-refractivity contribution in [2.45, 2.75) is 13.8 Å². The highest BCUT2D eigenvalue weighted by Gasteiger charge is 2.12. The highest BCUT2D eigenvalue weighted by Crippen LogP contribution is 2.19. The summed E-state index contributed by atoms with van der Waals surface area (Å²) in [7, 11) is 0. The fourth-order valence-electron chi connectivity index (χ4n) is 1.75. The minimum Gasteiger partial charge on any atom is -0.368 e. The van der Waals surface area contributed by atoms with Crippen LogP contribution in [0.5, 0.6) is 0 Å². The van der Waals surface area contributed by atoms with Crippen molar-refractivity contribution < 1.29 is 0 Å². The number of rotatable bonds is 1. The first-order valence-corrected chi connectivity index (χ1v) is 5.86. The quantitative estimate of drug-likeness (QED) is 0.782. The van der Waals surface area contributed by atoms with E-state index in [-0.39, 0.29) is 0 Å². The topological polar surface area (TPSA) is 39.1 Å². The van der Waals surface area contributed by atoms with Crippen molar-refractivity contribution in [2.24, 2.45) is 0 Å². The Kier molecular flexibility index (Phi) is 5.38. The summed E-state index contributed by atoms with van der Waals surface area (Å²) >= 11 is 0. The fraction of sp³-hybridized carbons (Fsp3) is 0.462. The molecule has 1 aliphatic rings. The van der Waals surface area contributed by atoms with Crippen LogP contribution in [0.4, 0.5) is 5.69 Å². The van der Waals surface area contributed by atoms with Crippen LogP contribution >= 0.6 is 0 Å². The summed E-state index contributed by atoms with van der Waals surface area (Å²) in [5, 5.41) is 12.3. The Hall–Kier alpha value is -1.53. The zero-order chi connectivity index (χ0) is 11.8. The van der Waals surface area contributed by atoms with Gasteiger partial charge in [-0.2, -0.15) is 5.26 Å². The minimum absolute atomic E-state index is 0.773. The molecule has 0 saturated carbocycles. The Labute approximate surface area is 97.7 Å². The molecule has 1 fully saturated rings. The summed E-state index contributed by atoms with van der Waals surface area (Å²) < 4.78 is 0. The van der Waals surface area contributed by atoms with E-state index in [1.54, 1.807) is 0 Å². The molecule has 0 spiro atoms. The number of hydrogen-bond donors (Lipinski definition) is 1. The SMILES string of the molecule is CC.N#Cc1ccccc1N1CCNCC1. The monoisotopic (exact) mass is 217 g/mol. The van der Waals surface area contributed by atoms with Gasteiger partial charge in [-0.15, -0.1) is 0 Å². The van der Waals surface area contributed by atoms with Crippen molar-refractivity contribution in [1.29, 1.82) is 5.26 Å². The lowest BCUT2D eigenvalue weighted by atomic mass is 10.1. The molecule has 3 heteroatoms. The van der Waals surface area contributed by atoms with Crippen molar-refractivity contribution in [2.75, 3.05) is 31.1 Å². The third-order valence-electron chi connectivity index (χ3n) is 2.48. The summed E-state index contributed by atoms with van der Waals surface area (Å²) in [5.74, 6) is 0. The van der Waals surface area contributed by atoms with E-state index in [1.165, 1.54) is 0 Å². The molecule has 1 aliphatic heterocycles. The van der Waals surface area contributed by atoms with Gasteiger partial charge < -0.3 is 10.2 Å². The van der Waals surface area contributed by atoms with E-state index in [1.807, 2.05) is 38.1 Å². The van der Waals surface area contributed by atoms with Crippen LogP contribution in [0.15, 0.2) is 24.3 Å². The summed E-state index contributed by atoms with van der Waals surface area (Å²) in [4.78, 5) is 2.26. The van der Waals surface area contributed by atoms with Gasteiger partial charge in [0.25, 0.3) is 0 Å². The molecule has 0 bridgehead atoms. The predicted octanol–water partition coefficient (Wildman–Crippen LogP) is 1.99. The molecular weight excluding hydrogens is 198 g/mol. The molecule has 1 saturated heterocycles. The van der Waals surface area contributed by atoms with Crippen molar-refractivity contribution in [3.05, 3.63) is 29.8 Å². The molecule has 2 rings (SSSR count). The molecule has 0 radical (unpaired) electrons. The fourth-order valence-corrected chi connectivity index (χ4v) is 1.75. The van der Waals surface area contributed by atoms with Gasteiger partial charge in [-0.3, -0.25) is 0 Å². The molecule has 0 aromatic heterocycles. The number of piperazine rings is 1. The molecule has 0 unspecified atom stereocenters. The Balaban J connectivity index is 0.000000606. The highest BCUT2D eigenvalue weighted by molar-refractivity contribution is 5.59. The van der Waals surface area contributed by atoms with Crippen LogP contribution in [0.25, 0.3) is 0 Å². The third kappa shape index (κ3) is 2.98. The van der Waals surface area contributed by atoms with Gasteiger partial charge in [-0.05, 0) is 12.1 Å². The lowest BCUT2D eigenvalue weighted by molar-refractivity contribution is 0.589. The van der Waals surface area contributed by atoms with Crippen LogP contribution in [0.3, 0.4) is 0 Å². The summed E-state index contributed by atoms with van der Waals surface area (Å²) in [5.41, 5.74) is 1.84. The molecule has 16 heavy (non-hydrogen) atoms. The van der Waals surface area contributed by atoms with Crippen molar-refractivity contribution in [1.82, 2.24) is 5.32 Å². The number of para-hydroxylation sites is 1. The first kappa shape index (κ1) is 12.5. The van der Waals surface area contributed by atoms with Crippen molar-refractivity contribution >= 4 is 5.69 Å². The molecular formula is C13H19N3. The zero-order valence-electron chi connectivity index (χ0n) is 10.0. The van der Waals surface area contributed by atoms with Crippen LogP contribution < -0.4 is 10.2 Å².